The summed E-state index contributed by atoms with van der Waals surface area (Å²) < 4.78 is 30.7. The molecular formula is C23H29ClN4O5S. The van der Waals surface area contributed by atoms with Crippen molar-refractivity contribution in [2.75, 3.05) is 6.54 Å². The summed E-state index contributed by atoms with van der Waals surface area (Å²) in [7, 11) is -2.25. The number of aryl methyl sites for hydroxylation is 1. The SMILES string of the molecule is Cn1cccc1CN(C(=O)CN(C1CCCCC1)S(=O)(=O)c1ccc(Cl)c([N+](=O)[O-])c1)C1CC1. The second-order valence-corrected chi connectivity index (χ2v) is 11.4. The molecule has 2 aliphatic carbocycles. The Labute approximate surface area is 204 Å². The van der Waals surface area contributed by atoms with Gasteiger partial charge in [-0.05, 0) is 49.9 Å². The minimum atomic E-state index is -4.16. The number of hydrogen-bond acceptors (Lipinski definition) is 5. The summed E-state index contributed by atoms with van der Waals surface area (Å²) in [4.78, 5) is 25.7. The molecule has 0 spiro atoms. The monoisotopic (exact) mass is 508 g/mol. The third-order valence-corrected chi connectivity index (χ3v) is 8.90. The summed E-state index contributed by atoms with van der Waals surface area (Å²) in [5.74, 6) is -0.249. The number of nitro groups is 1. The van der Waals surface area contributed by atoms with E-state index in [0.29, 0.717) is 19.4 Å². The number of halogens is 1. The van der Waals surface area contributed by atoms with Crippen LogP contribution in [0.5, 0.6) is 0 Å². The zero-order valence-electron chi connectivity index (χ0n) is 19.1. The number of amides is 1. The van der Waals surface area contributed by atoms with Gasteiger partial charge in [-0.2, -0.15) is 4.31 Å². The van der Waals surface area contributed by atoms with Crippen LogP contribution in [0.1, 0.15) is 50.6 Å². The number of hydrogen-bond donors (Lipinski definition) is 0. The fourth-order valence-corrected chi connectivity index (χ4v) is 6.42. The average molecular weight is 509 g/mol. The highest BCUT2D eigenvalue weighted by Crippen LogP contribution is 2.33. The summed E-state index contributed by atoms with van der Waals surface area (Å²) >= 11 is 5.90. The number of benzene rings is 1. The summed E-state index contributed by atoms with van der Waals surface area (Å²) in [6, 6.07) is 7.12. The van der Waals surface area contributed by atoms with Gasteiger partial charge in [-0.3, -0.25) is 14.9 Å². The molecule has 2 fully saturated rings. The maximum Gasteiger partial charge on any atom is 0.289 e. The fraction of sp³-hybridized carbons (Fsp3) is 0.522. The first-order valence-corrected chi connectivity index (χ1v) is 13.4. The molecule has 2 aromatic rings. The number of nitrogens with zero attached hydrogens (tertiary/aromatic N) is 4. The zero-order chi connectivity index (χ0) is 24.5. The Morgan fingerprint density at radius 2 is 1.85 bits per heavy atom. The quantitative estimate of drug-likeness (QED) is 0.374. The predicted octanol–water partition coefficient (Wildman–Crippen LogP) is 4.10. The molecule has 0 unspecified atom stereocenters. The minimum absolute atomic E-state index is 0.106. The van der Waals surface area contributed by atoms with Gasteiger partial charge in [0.15, 0.2) is 0 Å². The Hall–Kier alpha value is -2.43. The maximum absolute atomic E-state index is 13.7. The summed E-state index contributed by atoms with van der Waals surface area (Å²) in [5.41, 5.74) is 0.502. The van der Waals surface area contributed by atoms with E-state index in [0.717, 1.165) is 43.9 Å². The van der Waals surface area contributed by atoms with Gasteiger partial charge in [0.2, 0.25) is 15.9 Å². The van der Waals surface area contributed by atoms with Gasteiger partial charge in [-0.1, -0.05) is 30.9 Å². The predicted molar refractivity (Wildman–Crippen MR) is 128 cm³/mol. The molecule has 2 saturated carbocycles. The lowest BCUT2D eigenvalue weighted by molar-refractivity contribution is -0.384. The Morgan fingerprint density at radius 1 is 1.15 bits per heavy atom. The molecule has 0 radical (unpaired) electrons. The molecule has 1 heterocycles. The number of sulfonamides is 1. The van der Waals surface area contributed by atoms with Crippen molar-refractivity contribution in [2.45, 2.75) is 68.5 Å². The van der Waals surface area contributed by atoms with Gasteiger partial charge in [0, 0.05) is 37.1 Å². The van der Waals surface area contributed by atoms with Gasteiger partial charge in [-0.25, -0.2) is 8.42 Å². The number of aromatic nitrogens is 1. The molecule has 0 atom stereocenters. The van der Waals surface area contributed by atoms with E-state index in [2.05, 4.69) is 0 Å². The van der Waals surface area contributed by atoms with E-state index in [-0.39, 0.29) is 34.5 Å². The van der Waals surface area contributed by atoms with Crippen molar-refractivity contribution in [3.8, 4) is 0 Å². The summed E-state index contributed by atoms with van der Waals surface area (Å²) in [5, 5.41) is 11.2. The van der Waals surface area contributed by atoms with Crippen molar-refractivity contribution in [2.24, 2.45) is 7.05 Å². The third-order valence-electron chi connectivity index (χ3n) is 6.69. The molecule has 9 nitrogen and oxygen atoms in total. The van der Waals surface area contributed by atoms with Gasteiger partial charge in [0.1, 0.15) is 5.02 Å². The second kappa shape index (κ2) is 10.1. The number of carbonyl (C=O) groups is 1. The van der Waals surface area contributed by atoms with Crippen molar-refractivity contribution < 1.29 is 18.1 Å². The van der Waals surface area contributed by atoms with Crippen LogP contribution < -0.4 is 0 Å². The van der Waals surface area contributed by atoms with Crippen molar-refractivity contribution >= 4 is 33.2 Å². The van der Waals surface area contributed by atoms with E-state index >= 15 is 0 Å². The van der Waals surface area contributed by atoms with E-state index in [1.165, 1.54) is 16.4 Å². The molecule has 1 aromatic heterocycles. The second-order valence-electron chi connectivity index (χ2n) is 9.08. The van der Waals surface area contributed by atoms with Crippen molar-refractivity contribution in [3.63, 3.8) is 0 Å². The maximum atomic E-state index is 13.7. The van der Waals surface area contributed by atoms with Gasteiger partial charge in [0.05, 0.1) is 22.9 Å². The first-order valence-electron chi connectivity index (χ1n) is 11.5. The van der Waals surface area contributed by atoms with Crippen LogP contribution in [0.2, 0.25) is 5.02 Å². The lowest BCUT2D eigenvalue weighted by atomic mass is 9.95. The van der Waals surface area contributed by atoms with Crippen LogP contribution in [0.3, 0.4) is 0 Å². The summed E-state index contributed by atoms with van der Waals surface area (Å²) in [6.07, 6.45) is 7.80. The van der Waals surface area contributed by atoms with Crippen molar-refractivity contribution in [1.82, 2.24) is 13.8 Å². The van der Waals surface area contributed by atoms with E-state index < -0.39 is 20.6 Å². The Bertz CT molecular complexity index is 1170. The molecule has 0 aliphatic heterocycles. The van der Waals surface area contributed by atoms with Crippen LogP contribution >= 0.6 is 11.6 Å². The van der Waals surface area contributed by atoms with E-state index in [4.69, 9.17) is 11.6 Å². The first-order chi connectivity index (χ1) is 16.2. The lowest BCUT2D eigenvalue weighted by Gasteiger charge is -2.34. The van der Waals surface area contributed by atoms with Crippen LogP contribution in [-0.2, 0) is 28.4 Å². The topological polar surface area (TPSA) is 106 Å². The number of carbonyl (C=O) groups excluding carboxylic acids is 1. The fourth-order valence-electron chi connectivity index (χ4n) is 4.57. The molecule has 1 aromatic carbocycles. The van der Waals surface area contributed by atoms with Gasteiger partial charge in [-0.15, -0.1) is 0 Å². The van der Waals surface area contributed by atoms with Crippen LogP contribution in [0, 0.1) is 10.1 Å². The van der Waals surface area contributed by atoms with Gasteiger partial charge in [0.25, 0.3) is 5.69 Å². The highest BCUT2D eigenvalue weighted by molar-refractivity contribution is 7.89. The molecule has 4 rings (SSSR count). The Kier molecular flexibility index (Phi) is 7.30. The molecule has 0 bridgehead atoms. The molecule has 2 aliphatic rings. The molecule has 184 valence electrons. The molecule has 0 saturated heterocycles. The van der Waals surface area contributed by atoms with E-state index in [9.17, 15) is 23.3 Å². The van der Waals surface area contributed by atoms with E-state index in [1.54, 1.807) is 4.90 Å². The molecular weight excluding hydrogens is 480 g/mol. The van der Waals surface area contributed by atoms with Gasteiger partial charge < -0.3 is 9.47 Å². The van der Waals surface area contributed by atoms with Crippen molar-refractivity contribution in [1.29, 1.82) is 0 Å². The molecule has 34 heavy (non-hydrogen) atoms. The Balaban J connectivity index is 1.64. The first kappa shape index (κ1) is 24.7. The standard InChI is InChI=1S/C23H29ClN4O5S/c1-25-13-5-8-19(25)15-26(17-9-10-17)23(29)16-27(18-6-3-2-4-7-18)34(32,33)20-11-12-21(24)22(14-20)28(30)31/h5,8,11-14,17-18H,2-4,6-7,9-10,15-16H2,1H3. The largest absolute Gasteiger partial charge is 0.353 e. The van der Waals surface area contributed by atoms with E-state index in [1.807, 2.05) is 29.9 Å². The average Bonchev–Trinajstić information content (AvgIpc) is 3.57. The minimum Gasteiger partial charge on any atom is -0.353 e. The van der Waals surface area contributed by atoms with Crippen LogP contribution in [0.25, 0.3) is 0 Å². The van der Waals surface area contributed by atoms with Crippen molar-refractivity contribution in [3.05, 3.63) is 57.4 Å². The zero-order valence-corrected chi connectivity index (χ0v) is 20.7. The molecule has 0 N–H and O–H groups in total. The highest BCUT2D eigenvalue weighted by atomic mass is 35.5. The number of rotatable bonds is 9. The van der Waals surface area contributed by atoms with Crippen LogP contribution in [0.15, 0.2) is 41.4 Å². The third kappa shape index (κ3) is 5.29. The van der Waals surface area contributed by atoms with Gasteiger partial charge >= 0.3 is 0 Å². The molecule has 1 amide bonds. The Morgan fingerprint density at radius 3 is 2.44 bits per heavy atom. The highest BCUT2D eigenvalue weighted by Gasteiger charge is 2.39. The molecule has 11 heteroatoms. The normalized spacial score (nSPS) is 17.1. The summed E-state index contributed by atoms with van der Waals surface area (Å²) in [6.45, 7) is 0.127. The van der Waals surface area contributed by atoms with Crippen LogP contribution in [-0.4, -0.2) is 51.6 Å². The van der Waals surface area contributed by atoms with Crippen LogP contribution in [0.4, 0.5) is 5.69 Å². The lowest BCUT2D eigenvalue weighted by Crippen LogP contribution is -2.48. The number of nitro benzene ring substituents is 1. The smallest absolute Gasteiger partial charge is 0.289 e.